The van der Waals surface area contributed by atoms with E-state index in [4.69, 9.17) is 5.26 Å². The van der Waals surface area contributed by atoms with Gasteiger partial charge < -0.3 is 4.90 Å². The Morgan fingerprint density at radius 3 is 2.69 bits per heavy atom. The molecule has 0 heterocycles. The summed E-state index contributed by atoms with van der Waals surface area (Å²) in [6.07, 6.45) is 2.21. The number of nitrogens with zero attached hydrogens (tertiary/aromatic N) is 2. The highest BCUT2D eigenvalue weighted by atomic mass is 15.1. The lowest BCUT2D eigenvalue weighted by Crippen LogP contribution is -2.21. The smallest absolute Gasteiger partial charge is 0.0994 e. The lowest BCUT2D eigenvalue weighted by atomic mass is 10.0. The van der Waals surface area contributed by atoms with Crippen molar-refractivity contribution in [3.05, 3.63) is 34.9 Å². The molecule has 0 saturated heterocycles. The first-order valence-electron chi connectivity index (χ1n) is 5.85. The number of rotatable bonds is 5. The van der Waals surface area contributed by atoms with E-state index in [0.29, 0.717) is 0 Å². The molecule has 0 radical (unpaired) electrons. The van der Waals surface area contributed by atoms with E-state index in [2.05, 4.69) is 31.0 Å². The lowest BCUT2D eigenvalue weighted by molar-refractivity contribution is 0.339. The highest BCUT2D eigenvalue weighted by molar-refractivity contribution is 5.39. The number of hydrogen-bond donors (Lipinski definition) is 0. The van der Waals surface area contributed by atoms with Crippen LogP contribution in [-0.2, 0) is 6.42 Å². The van der Waals surface area contributed by atoms with Crippen LogP contribution in [0.25, 0.3) is 0 Å². The molecule has 0 spiro atoms. The third kappa shape index (κ3) is 3.67. The predicted molar refractivity (Wildman–Crippen MR) is 67.4 cm³/mol. The summed E-state index contributed by atoms with van der Waals surface area (Å²) in [5.41, 5.74) is 3.12. The first kappa shape index (κ1) is 12.7. The van der Waals surface area contributed by atoms with Gasteiger partial charge in [0, 0.05) is 6.54 Å². The van der Waals surface area contributed by atoms with Crippen LogP contribution in [0, 0.1) is 18.3 Å². The number of nitriles is 1. The van der Waals surface area contributed by atoms with Crippen LogP contribution < -0.4 is 0 Å². The third-order valence-corrected chi connectivity index (χ3v) is 2.81. The van der Waals surface area contributed by atoms with Gasteiger partial charge in [-0.1, -0.05) is 19.1 Å². The molecule has 1 aromatic rings. The van der Waals surface area contributed by atoms with Gasteiger partial charge in [0.15, 0.2) is 0 Å². The second-order valence-electron chi connectivity index (χ2n) is 4.31. The van der Waals surface area contributed by atoms with Gasteiger partial charge in [0.05, 0.1) is 11.6 Å². The molecule has 0 N–H and O–H groups in total. The molecular formula is C14H20N2. The van der Waals surface area contributed by atoms with Crippen molar-refractivity contribution in [3.63, 3.8) is 0 Å². The Morgan fingerprint density at radius 2 is 2.06 bits per heavy atom. The van der Waals surface area contributed by atoms with Crippen molar-refractivity contribution >= 4 is 0 Å². The summed E-state index contributed by atoms with van der Waals surface area (Å²) in [6, 6.07) is 8.40. The molecule has 0 unspecified atom stereocenters. The molecule has 0 aromatic heterocycles. The summed E-state index contributed by atoms with van der Waals surface area (Å²) in [7, 11) is 2.14. The molecule has 0 fully saturated rings. The molecule has 0 atom stereocenters. The van der Waals surface area contributed by atoms with Crippen molar-refractivity contribution in [2.24, 2.45) is 0 Å². The lowest BCUT2D eigenvalue weighted by Gasteiger charge is -2.15. The highest BCUT2D eigenvalue weighted by Crippen LogP contribution is 2.10. The zero-order valence-corrected chi connectivity index (χ0v) is 10.5. The van der Waals surface area contributed by atoms with Gasteiger partial charge in [-0.2, -0.15) is 5.26 Å². The fourth-order valence-corrected chi connectivity index (χ4v) is 1.76. The maximum absolute atomic E-state index is 8.94. The maximum Gasteiger partial charge on any atom is 0.0994 e. The molecule has 0 amide bonds. The minimum atomic E-state index is 0.802. The fourth-order valence-electron chi connectivity index (χ4n) is 1.76. The first-order valence-corrected chi connectivity index (χ1v) is 5.85. The first-order chi connectivity index (χ1) is 7.67. The Kier molecular flexibility index (Phi) is 5.01. The quantitative estimate of drug-likeness (QED) is 0.756. The molecule has 0 aliphatic heterocycles. The monoisotopic (exact) mass is 216 g/mol. The highest BCUT2D eigenvalue weighted by Gasteiger charge is 2.01. The molecule has 0 saturated carbocycles. The number of likely N-dealkylation sites (N-methyl/N-ethyl adjacent to an activating group) is 1. The van der Waals surface area contributed by atoms with Crippen LogP contribution in [0.4, 0.5) is 0 Å². The van der Waals surface area contributed by atoms with Crippen LogP contribution in [-0.4, -0.2) is 25.0 Å². The van der Waals surface area contributed by atoms with E-state index in [-0.39, 0.29) is 0 Å². The molecule has 0 bridgehead atoms. The molecule has 0 aliphatic carbocycles. The van der Waals surface area contributed by atoms with Gasteiger partial charge in [-0.3, -0.25) is 0 Å². The minimum Gasteiger partial charge on any atom is -0.306 e. The van der Waals surface area contributed by atoms with E-state index in [9.17, 15) is 0 Å². The van der Waals surface area contributed by atoms with Crippen LogP contribution in [0.1, 0.15) is 30.0 Å². The summed E-state index contributed by atoms with van der Waals surface area (Å²) in [5.74, 6) is 0. The molecule has 1 rings (SSSR count). The van der Waals surface area contributed by atoms with Crippen molar-refractivity contribution < 1.29 is 0 Å². The Labute approximate surface area is 98.5 Å². The zero-order chi connectivity index (χ0) is 12.0. The van der Waals surface area contributed by atoms with Crippen molar-refractivity contribution in [3.8, 4) is 6.07 Å². The molecule has 2 heteroatoms. The minimum absolute atomic E-state index is 0.802. The van der Waals surface area contributed by atoms with E-state index in [1.807, 2.05) is 19.1 Å². The standard InChI is InChI=1S/C14H20N2/c1-4-8-16(3)9-7-13-6-5-12(2)14(10-13)11-15/h5-6,10H,4,7-9H2,1-3H3. The van der Waals surface area contributed by atoms with Gasteiger partial charge in [0.1, 0.15) is 0 Å². The van der Waals surface area contributed by atoms with Crippen molar-refractivity contribution in [1.29, 1.82) is 5.26 Å². The van der Waals surface area contributed by atoms with E-state index in [0.717, 1.165) is 30.6 Å². The van der Waals surface area contributed by atoms with Gasteiger partial charge in [-0.05, 0) is 50.6 Å². The summed E-state index contributed by atoms with van der Waals surface area (Å²) in [5, 5.41) is 8.94. The summed E-state index contributed by atoms with van der Waals surface area (Å²) < 4.78 is 0. The topological polar surface area (TPSA) is 27.0 Å². The molecule has 86 valence electrons. The average molecular weight is 216 g/mol. The van der Waals surface area contributed by atoms with Gasteiger partial charge in [0.25, 0.3) is 0 Å². The van der Waals surface area contributed by atoms with Crippen molar-refractivity contribution in [2.75, 3.05) is 20.1 Å². The van der Waals surface area contributed by atoms with Crippen molar-refractivity contribution in [2.45, 2.75) is 26.7 Å². The second kappa shape index (κ2) is 6.30. The van der Waals surface area contributed by atoms with Gasteiger partial charge in [-0.25, -0.2) is 0 Å². The summed E-state index contributed by atoms with van der Waals surface area (Å²) in [4.78, 5) is 2.33. The zero-order valence-electron chi connectivity index (χ0n) is 10.5. The van der Waals surface area contributed by atoms with Crippen LogP contribution in [0.3, 0.4) is 0 Å². The van der Waals surface area contributed by atoms with E-state index >= 15 is 0 Å². The molecule has 0 aliphatic rings. The largest absolute Gasteiger partial charge is 0.306 e. The van der Waals surface area contributed by atoms with Crippen LogP contribution in [0.5, 0.6) is 0 Å². The second-order valence-corrected chi connectivity index (χ2v) is 4.31. The molecule has 2 nitrogen and oxygen atoms in total. The van der Waals surface area contributed by atoms with Crippen LogP contribution in [0.2, 0.25) is 0 Å². The molecular weight excluding hydrogens is 196 g/mol. The van der Waals surface area contributed by atoms with Gasteiger partial charge in [0.2, 0.25) is 0 Å². The maximum atomic E-state index is 8.94. The third-order valence-electron chi connectivity index (χ3n) is 2.81. The fraction of sp³-hybridized carbons (Fsp3) is 0.500. The Hall–Kier alpha value is -1.33. The Bertz CT molecular complexity index is 377. The summed E-state index contributed by atoms with van der Waals surface area (Å²) >= 11 is 0. The predicted octanol–water partition coefficient (Wildman–Crippen LogP) is 2.75. The Balaban J connectivity index is 2.58. The number of benzene rings is 1. The summed E-state index contributed by atoms with van der Waals surface area (Å²) in [6.45, 7) is 6.36. The van der Waals surface area contributed by atoms with Crippen LogP contribution >= 0.6 is 0 Å². The van der Waals surface area contributed by atoms with Crippen LogP contribution in [0.15, 0.2) is 18.2 Å². The van der Waals surface area contributed by atoms with Gasteiger partial charge in [-0.15, -0.1) is 0 Å². The number of hydrogen-bond acceptors (Lipinski definition) is 2. The van der Waals surface area contributed by atoms with E-state index in [1.54, 1.807) is 0 Å². The van der Waals surface area contributed by atoms with Crippen molar-refractivity contribution in [1.82, 2.24) is 4.90 Å². The Morgan fingerprint density at radius 1 is 1.31 bits per heavy atom. The SMILES string of the molecule is CCCN(C)CCc1ccc(C)c(C#N)c1. The normalized spacial score (nSPS) is 10.4. The number of aryl methyl sites for hydroxylation is 1. The van der Waals surface area contributed by atoms with Gasteiger partial charge >= 0.3 is 0 Å². The molecule has 16 heavy (non-hydrogen) atoms. The van der Waals surface area contributed by atoms with E-state index < -0.39 is 0 Å². The average Bonchev–Trinajstić information content (AvgIpc) is 2.28. The molecule has 1 aromatic carbocycles. The van der Waals surface area contributed by atoms with E-state index in [1.165, 1.54) is 12.0 Å².